The summed E-state index contributed by atoms with van der Waals surface area (Å²) in [5.74, 6) is 0.898. The Morgan fingerprint density at radius 3 is 2.56 bits per heavy atom. The van der Waals surface area contributed by atoms with Gasteiger partial charge in [-0.05, 0) is 43.3 Å². The highest BCUT2D eigenvalue weighted by Gasteiger charge is 2.26. The number of carbonyl (C=O) groups excluding carboxylic acids is 2. The SMILES string of the molecule is C[C@H](NC(=O)c1ccc(Br)cc1)C(=O)N(C)C[C@H]1COc2ccccc2O1. The Hall–Kier alpha value is -2.54. The first-order valence-corrected chi connectivity index (χ1v) is 9.43. The summed E-state index contributed by atoms with van der Waals surface area (Å²) in [5.41, 5.74) is 0.501. The molecule has 0 spiro atoms. The topological polar surface area (TPSA) is 67.9 Å². The Morgan fingerprint density at radius 2 is 1.85 bits per heavy atom. The van der Waals surface area contributed by atoms with Crippen molar-refractivity contribution in [2.75, 3.05) is 20.2 Å². The van der Waals surface area contributed by atoms with E-state index in [1.54, 1.807) is 43.1 Å². The van der Waals surface area contributed by atoms with E-state index in [1.807, 2.05) is 24.3 Å². The molecule has 2 amide bonds. The third-order valence-electron chi connectivity index (χ3n) is 4.25. The van der Waals surface area contributed by atoms with Gasteiger partial charge in [0.2, 0.25) is 5.91 Å². The lowest BCUT2D eigenvalue weighted by Gasteiger charge is -2.30. The van der Waals surface area contributed by atoms with Crippen LogP contribution in [-0.4, -0.2) is 49.1 Å². The minimum absolute atomic E-state index is 0.192. The van der Waals surface area contributed by atoms with Crippen LogP contribution in [0.5, 0.6) is 11.5 Å². The van der Waals surface area contributed by atoms with Crippen molar-refractivity contribution in [2.45, 2.75) is 19.1 Å². The second-order valence-electron chi connectivity index (χ2n) is 6.42. The van der Waals surface area contributed by atoms with Crippen molar-refractivity contribution in [1.29, 1.82) is 0 Å². The summed E-state index contributed by atoms with van der Waals surface area (Å²) in [6, 6.07) is 13.8. The number of nitrogens with one attached hydrogen (secondary N) is 1. The van der Waals surface area contributed by atoms with Crippen LogP contribution in [0, 0.1) is 0 Å². The second-order valence-corrected chi connectivity index (χ2v) is 7.33. The highest BCUT2D eigenvalue weighted by molar-refractivity contribution is 9.10. The van der Waals surface area contributed by atoms with E-state index in [4.69, 9.17) is 9.47 Å². The number of carbonyl (C=O) groups is 2. The van der Waals surface area contributed by atoms with E-state index in [2.05, 4.69) is 21.2 Å². The first-order valence-electron chi connectivity index (χ1n) is 8.64. The molecule has 1 aliphatic rings. The van der Waals surface area contributed by atoms with Gasteiger partial charge in [-0.1, -0.05) is 28.1 Å². The number of hydrogen-bond donors (Lipinski definition) is 1. The lowest BCUT2D eigenvalue weighted by atomic mass is 10.2. The Morgan fingerprint density at radius 1 is 1.19 bits per heavy atom. The van der Waals surface area contributed by atoms with Crippen LogP contribution in [0.25, 0.3) is 0 Å². The van der Waals surface area contributed by atoms with Gasteiger partial charge >= 0.3 is 0 Å². The summed E-state index contributed by atoms with van der Waals surface area (Å²) in [4.78, 5) is 26.4. The van der Waals surface area contributed by atoms with Gasteiger partial charge in [0.05, 0.1) is 6.54 Å². The number of halogens is 1. The fourth-order valence-corrected chi connectivity index (χ4v) is 3.09. The summed E-state index contributed by atoms with van der Waals surface area (Å²) in [5, 5.41) is 2.73. The molecule has 7 heteroatoms. The zero-order valence-corrected chi connectivity index (χ0v) is 16.7. The highest BCUT2D eigenvalue weighted by Crippen LogP contribution is 2.30. The molecule has 0 saturated heterocycles. The van der Waals surface area contributed by atoms with E-state index in [1.165, 1.54) is 0 Å². The fraction of sp³-hybridized carbons (Fsp3) is 0.300. The predicted octanol–water partition coefficient (Wildman–Crippen LogP) is 2.87. The van der Waals surface area contributed by atoms with Crippen molar-refractivity contribution in [3.05, 3.63) is 58.6 Å². The van der Waals surface area contributed by atoms with Gasteiger partial charge in [-0.15, -0.1) is 0 Å². The third kappa shape index (κ3) is 4.80. The molecule has 0 aliphatic carbocycles. The minimum atomic E-state index is -0.650. The number of para-hydroxylation sites is 2. The third-order valence-corrected chi connectivity index (χ3v) is 4.77. The molecular formula is C20H21BrN2O4. The summed E-state index contributed by atoms with van der Waals surface area (Å²) < 4.78 is 12.4. The minimum Gasteiger partial charge on any atom is -0.486 e. The van der Waals surface area contributed by atoms with Gasteiger partial charge in [0.25, 0.3) is 5.91 Å². The first-order chi connectivity index (χ1) is 12.9. The Labute approximate surface area is 166 Å². The van der Waals surface area contributed by atoms with E-state index < -0.39 is 6.04 Å². The van der Waals surface area contributed by atoms with Crippen molar-refractivity contribution in [3.8, 4) is 11.5 Å². The number of likely N-dealkylation sites (N-methyl/N-ethyl adjacent to an activating group) is 1. The normalized spacial score (nSPS) is 16.3. The van der Waals surface area contributed by atoms with Crippen LogP contribution in [0.1, 0.15) is 17.3 Å². The van der Waals surface area contributed by atoms with Gasteiger partial charge in [0, 0.05) is 17.1 Å². The monoisotopic (exact) mass is 432 g/mol. The lowest BCUT2D eigenvalue weighted by molar-refractivity contribution is -0.132. The maximum Gasteiger partial charge on any atom is 0.251 e. The van der Waals surface area contributed by atoms with Crippen LogP contribution in [-0.2, 0) is 4.79 Å². The van der Waals surface area contributed by atoms with E-state index in [0.717, 1.165) is 4.47 Å². The molecule has 0 aromatic heterocycles. The van der Waals surface area contributed by atoms with E-state index in [-0.39, 0.29) is 17.9 Å². The van der Waals surface area contributed by atoms with Crippen LogP contribution in [0.15, 0.2) is 53.0 Å². The number of hydrogen-bond acceptors (Lipinski definition) is 4. The molecule has 1 heterocycles. The number of ether oxygens (including phenoxy) is 2. The largest absolute Gasteiger partial charge is 0.486 e. The van der Waals surface area contributed by atoms with Crippen LogP contribution in [0.2, 0.25) is 0 Å². The molecule has 0 saturated carbocycles. The molecule has 142 valence electrons. The second kappa shape index (κ2) is 8.43. The Balaban J connectivity index is 1.54. The van der Waals surface area contributed by atoms with Gasteiger partial charge < -0.3 is 19.7 Å². The summed E-state index contributed by atoms with van der Waals surface area (Å²) in [6.07, 6.45) is -0.261. The van der Waals surface area contributed by atoms with Crippen LogP contribution in [0.3, 0.4) is 0 Å². The summed E-state index contributed by atoms with van der Waals surface area (Å²) in [7, 11) is 1.69. The standard InChI is InChI=1S/C20H21BrN2O4/c1-13(22-19(24)14-7-9-15(21)10-8-14)20(25)23(2)11-16-12-26-17-5-3-4-6-18(17)27-16/h3-10,13,16H,11-12H2,1-2H3,(H,22,24)/t13-,16-/m0/s1. The van der Waals surface area contributed by atoms with Crippen molar-refractivity contribution >= 4 is 27.7 Å². The fourth-order valence-electron chi connectivity index (χ4n) is 2.82. The average Bonchev–Trinajstić information content (AvgIpc) is 2.67. The molecule has 1 N–H and O–H groups in total. The van der Waals surface area contributed by atoms with Gasteiger partial charge in [-0.25, -0.2) is 0 Å². The van der Waals surface area contributed by atoms with Crippen molar-refractivity contribution in [3.63, 3.8) is 0 Å². The molecule has 2 atom stereocenters. The first kappa shape index (κ1) is 19.2. The molecule has 27 heavy (non-hydrogen) atoms. The summed E-state index contributed by atoms with van der Waals surface area (Å²) >= 11 is 3.33. The van der Waals surface area contributed by atoms with E-state index in [0.29, 0.717) is 30.2 Å². The van der Waals surface area contributed by atoms with Crippen LogP contribution < -0.4 is 14.8 Å². The van der Waals surface area contributed by atoms with Gasteiger partial charge in [0.1, 0.15) is 12.6 Å². The number of rotatable bonds is 5. The number of amides is 2. The molecule has 1 aliphatic heterocycles. The number of nitrogens with zero attached hydrogens (tertiary/aromatic N) is 1. The molecule has 0 fully saturated rings. The smallest absolute Gasteiger partial charge is 0.251 e. The summed E-state index contributed by atoms with van der Waals surface area (Å²) in [6.45, 7) is 2.41. The number of fused-ring (bicyclic) bond motifs is 1. The molecule has 0 unspecified atom stereocenters. The average molecular weight is 433 g/mol. The lowest BCUT2D eigenvalue weighted by Crippen LogP contribution is -2.49. The van der Waals surface area contributed by atoms with E-state index in [9.17, 15) is 9.59 Å². The van der Waals surface area contributed by atoms with Gasteiger partial charge in [-0.2, -0.15) is 0 Å². The van der Waals surface area contributed by atoms with E-state index >= 15 is 0 Å². The zero-order valence-electron chi connectivity index (χ0n) is 15.1. The van der Waals surface area contributed by atoms with Crippen molar-refractivity contribution in [1.82, 2.24) is 10.2 Å². The number of benzene rings is 2. The Kier molecular flexibility index (Phi) is 6.01. The predicted molar refractivity (Wildman–Crippen MR) is 105 cm³/mol. The molecule has 0 radical (unpaired) electrons. The maximum absolute atomic E-state index is 12.6. The van der Waals surface area contributed by atoms with Gasteiger partial charge in [0.15, 0.2) is 17.6 Å². The molecule has 0 bridgehead atoms. The maximum atomic E-state index is 12.6. The zero-order chi connectivity index (χ0) is 19.4. The van der Waals surface area contributed by atoms with Crippen LogP contribution >= 0.6 is 15.9 Å². The molecular weight excluding hydrogens is 412 g/mol. The van der Waals surface area contributed by atoms with Crippen molar-refractivity contribution in [2.24, 2.45) is 0 Å². The quantitative estimate of drug-likeness (QED) is 0.788. The molecule has 2 aromatic rings. The van der Waals surface area contributed by atoms with Crippen LogP contribution in [0.4, 0.5) is 0 Å². The molecule has 2 aromatic carbocycles. The highest BCUT2D eigenvalue weighted by atomic mass is 79.9. The molecule has 6 nitrogen and oxygen atoms in total. The van der Waals surface area contributed by atoms with Gasteiger partial charge in [-0.3, -0.25) is 9.59 Å². The Bertz CT molecular complexity index is 825. The van der Waals surface area contributed by atoms with Crippen molar-refractivity contribution < 1.29 is 19.1 Å². The molecule has 3 rings (SSSR count).